The lowest BCUT2D eigenvalue weighted by atomic mass is 9.86. The van der Waals surface area contributed by atoms with Crippen molar-refractivity contribution < 1.29 is 4.79 Å². The fourth-order valence-corrected chi connectivity index (χ4v) is 2.92. The van der Waals surface area contributed by atoms with Crippen LogP contribution in [-0.2, 0) is 11.3 Å². The highest BCUT2D eigenvalue weighted by Gasteiger charge is 2.34. The van der Waals surface area contributed by atoms with Crippen LogP contribution in [0.5, 0.6) is 0 Å². The molecule has 1 aromatic rings. The standard InChI is InChI=1S/C11H15BrN2OS2/c1-3-11(2,9(13)16)10(15)14-6-8-7(12)4-5-17-8/h4-5H,3,6H2,1-2H3,(H2,13,16)(H,14,15). The number of carbonyl (C=O) groups excluding carboxylic acids is 1. The van der Waals surface area contributed by atoms with Gasteiger partial charge in [0.25, 0.3) is 0 Å². The molecule has 0 aliphatic carbocycles. The van der Waals surface area contributed by atoms with E-state index < -0.39 is 5.41 Å². The van der Waals surface area contributed by atoms with E-state index >= 15 is 0 Å². The molecule has 1 unspecified atom stereocenters. The van der Waals surface area contributed by atoms with Gasteiger partial charge in [-0.3, -0.25) is 4.79 Å². The Morgan fingerprint density at radius 3 is 2.76 bits per heavy atom. The summed E-state index contributed by atoms with van der Waals surface area (Å²) >= 11 is 9.97. The van der Waals surface area contributed by atoms with E-state index in [0.29, 0.717) is 13.0 Å². The molecule has 0 aromatic carbocycles. The summed E-state index contributed by atoms with van der Waals surface area (Å²) in [5.41, 5.74) is 4.86. The number of nitrogens with one attached hydrogen (secondary N) is 1. The Hall–Kier alpha value is -0.460. The van der Waals surface area contributed by atoms with E-state index in [1.165, 1.54) is 0 Å². The lowest BCUT2D eigenvalue weighted by Gasteiger charge is -2.25. The highest BCUT2D eigenvalue weighted by Crippen LogP contribution is 2.24. The topological polar surface area (TPSA) is 55.1 Å². The van der Waals surface area contributed by atoms with Gasteiger partial charge in [-0.1, -0.05) is 19.1 Å². The third-order valence-electron chi connectivity index (χ3n) is 2.85. The molecule has 0 spiro atoms. The van der Waals surface area contributed by atoms with Crippen molar-refractivity contribution >= 4 is 50.4 Å². The predicted molar refractivity (Wildman–Crippen MR) is 79.0 cm³/mol. The minimum Gasteiger partial charge on any atom is -0.392 e. The molecule has 0 bridgehead atoms. The summed E-state index contributed by atoms with van der Waals surface area (Å²) in [5, 5.41) is 4.84. The van der Waals surface area contributed by atoms with Crippen molar-refractivity contribution in [1.29, 1.82) is 0 Å². The van der Waals surface area contributed by atoms with Crippen molar-refractivity contribution in [3.05, 3.63) is 20.8 Å². The van der Waals surface area contributed by atoms with Crippen molar-refractivity contribution in [3.63, 3.8) is 0 Å². The molecule has 3 N–H and O–H groups in total. The van der Waals surface area contributed by atoms with Crippen molar-refractivity contribution in [2.75, 3.05) is 0 Å². The van der Waals surface area contributed by atoms with Crippen LogP contribution in [0.4, 0.5) is 0 Å². The first-order valence-corrected chi connectivity index (χ1v) is 7.30. The van der Waals surface area contributed by atoms with E-state index in [0.717, 1.165) is 9.35 Å². The van der Waals surface area contributed by atoms with E-state index in [2.05, 4.69) is 21.2 Å². The van der Waals surface area contributed by atoms with E-state index in [1.807, 2.05) is 18.4 Å². The lowest BCUT2D eigenvalue weighted by molar-refractivity contribution is -0.127. The van der Waals surface area contributed by atoms with Crippen molar-refractivity contribution in [2.24, 2.45) is 11.1 Å². The SMILES string of the molecule is CCC(C)(C(=O)NCc1sccc1Br)C(N)=S. The average molecular weight is 335 g/mol. The van der Waals surface area contributed by atoms with E-state index in [1.54, 1.807) is 18.3 Å². The summed E-state index contributed by atoms with van der Waals surface area (Å²) < 4.78 is 1.01. The molecule has 17 heavy (non-hydrogen) atoms. The Morgan fingerprint density at radius 2 is 2.35 bits per heavy atom. The number of halogens is 1. The van der Waals surface area contributed by atoms with Crippen LogP contribution < -0.4 is 11.1 Å². The minimum atomic E-state index is -0.765. The smallest absolute Gasteiger partial charge is 0.233 e. The third kappa shape index (κ3) is 3.26. The fourth-order valence-electron chi connectivity index (χ4n) is 1.25. The van der Waals surface area contributed by atoms with Crippen LogP contribution in [0.2, 0.25) is 0 Å². The number of hydrogen-bond acceptors (Lipinski definition) is 3. The summed E-state index contributed by atoms with van der Waals surface area (Å²) in [4.78, 5) is 13.4. The number of rotatable bonds is 5. The van der Waals surface area contributed by atoms with E-state index in [-0.39, 0.29) is 10.9 Å². The monoisotopic (exact) mass is 334 g/mol. The van der Waals surface area contributed by atoms with Crippen LogP contribution in [-0.4, -0.2) is 10.9 Å². The van der Waals surface area contributed by atoms with Crippen molar-refractivity contribution in [3.8, 4) is 0 Å². The second-order valence-electron chi connectivity index (χ2n) is 3.92. The van der Waals surface area contributed by atoms with Crippen LogP contribution in [0.15, 0.2) is 15.9 Å². The first-order valence-electron chi connectivity index (χ1n) is 5.22. The average Bonchev–Trinajstić information content (AvgIpc) is 2.70. The van der Waals surface area contributed by atoms with Gasteiger partial charge in [0, 0.05) is 9.35 Å². The van der Waals surface area contributed by atoms with Crippen molar-refractivity contribution in [1.82, 2.24) is 5.32 Å². The first kappa shape index (κ1) is 14.6. The largest absolute Gasteiger partial charge is 0.392 e. The van der Waals surface area contributed by atoms with Gasteiger partial charge in [0.05, 0.1) is 16.9 Å². The second-order valence-corrected chi connectivity index (χ2v) is 6.22. The maximum atomic E-state index is 12.1. The summed E-state index contributed by atoms with van der Waals surface area (Å²) in [7, 11) is 0. The van der Waals surface area contributed by atoms with Gasteiger partial charge >= 0.3 is 0 Å². The third-order valence-corrected chi connectivity index (χ3v) is 5.23. The van der Waals surface area contributed by atoms with Gasteiger partial charge in [-0.2, -0.15) is 0 Å². The molecule has 0 fully saturated rings. The number of thiophene rings is 1. The second kappa shape index (κ2) is 5.93. The molecule has 0 aliphatic rings. The fraction of sp³-hybridized carbons (Fsp3) is 0.455. The molecule has 1 amide bonds. The summed E-state index contributed by atoms with van der Waals surface area (Å²) in [5.74, 6) is -0.118. The van der Waals surface area contributed by atoms with Crippen LogP contribution in [0, 0.1) is 5.41 Å². The molecule has 3 nitrogen and oxygen atoms in total. The van der Waals surface area contributed by atoms with Crippen LogP contribution in [0.3, 0.4) is 0 Å². The Bertz CT molecular complexity index is 433. The maximum absolute atomic E-state index is 12.1. The Labute approximate surface area is 119 Å². The summed E-state index contributed by atoms with van der Waals surface area (Å²) in [6.45, 7) is 4.17. The summed E-state index contributed by atoms with van der Waals surface area (Å²) in [6, 6.07) is 1.96. The zero-order valence-corrected chi connectivity index (χ0v) is 13.0. The zero-order chi connectivity index (χ0) is 13.1. The quantitative estimate of drug-likeness (QED) is 0.814. The summed E-state index contributed by atoms with van der Waals surface area (Å²) in [6.07, 6.45) is 0.597. The first-order chi connectivity index (χ1) is 7.91. The molecular weight excluding hydrogens is 320 g/mol. The van der Waals surface area contributed by atoms with Gasteiger partial charge in [0.2, 0.25) is 5.91 Å². The normalized spacial score (nSPS) is 14.1. The maximum Gasteiger partial charge on any atom is 0.233 e. The molecule has 0 saturated carbocycles. The molecule has 1 aromatic heterocycles. The van der Waals surface area contributed by atoms with Crippen LogP contribution in [0.25, 0.3) is 0 Å². The Kier molecular flexibility index (Phi) is 5.09. The molecular formula is C11H15BrN2OS2. The molecule has 0 radical (unpaired) electrons. The molecule has 94 valence electrons. The van der Waals surface area contributed by atoms with Crippen LogP contribution in [0.1, 0.15) is 25.1 Å². The number of amides is 1. The predicted octanol–water partition coefficient (Wildman–Crippen LogP) is 2.83. The van der Waals surface area contributed by atoms with Gasteiger partial charge in [-0.25, -0.2) is 0 Å². The van der Waals surface area contributed by atoms with Gasteiger partial charge in [0.1, 0.15) is 0 Å². The Morgan fingerprint density at radius 1 is 1.71 bits per heavy atom. The van der Waals surface area contributed by atoms with Gasteiger partial charge < -0.3 is 11.1 Å². The van der Waals surface area contributed by atoms with Gasteiger partial charge in [-0.05, 0) is 40.7 Å². The number of carbonyl (C=O) groups is 1. The number of hydrogen-bond donors (Lipinski definition) is 2. The molecule has 1 rings (SSSR count). The van der Waals surface area contributed by atoms with E-state index in [9.17, 15) is 4.79 Å². The molecule has 1 atom stereocenters. The number of thiocarbonyl (C=S) groups is 1. The molecule has 0 aliphatic heterocycles. The van der Waals surface area contributed by atoms with Crippen LogP contribution >= 0.6 is 39.5 Å². The van der Waals surface area contributed by atoms with Gasteiger partial charge in [0.15, 0.2) is 0 Å². The lowest BCUT2D eigenvalue weighted by Crippen LogP contribution is -2.46. The Balaban J connectivity index is 2.67. The number of nitrogens with two attached hydrogens (primary N) is 1. The highest BCUT2D eigenvalue weighted by molar-refractivity contribution is 9.10. The molecule has 1 heterocycles. The molecule has 6 heteroatoms. The molecule has 0 saturated heterocycles. The zero-order valence-electron chi connectivity index (χ0n) is 9.75. The highest BCUT2D eigenvalue weighted by atomic mass is 79.9. The minimum absolute atomic E-state index is 0.118. The van der Waals surface area contributed by atoms with Crippen molar-refractivity contribution in [2.45, 2.75) is 26.8 Å². The van der Waals surface area contributed by atoms with Gasteiger partial charge in [-0.15, -0.1) is 11.3 Å². The van der Waals surface area contributed by atoms with E-state index in [4.69, 9.17) is 18.0 Å².